The molecule has 37 heavy (non-hydrogen) atoms. The average molecular weight is 492 g/mol. The highest BCUT2D eigenvalue weighted by Crippen LogP contribution is 2.32. The standard InChI is InChI=1S/C29H20N2O6/c1-17(32)20-7-2-8-21(15-20)30-25(33)16-37-29(36)19-11-13-22(14-12-19)31-27(34)23-9-3-5-18-6-4-10-24(26(18)23)28(31)35/h2-15H,16H2,1H3,(H,30,33). The fourth-order valence-corrected chi connectivity index (χ4v) is 4.24. The molecule has 1 N–H and O–H groups in total. The van der Waals surface area contributed by atoms with E-state index in [1.165, 1.54) is 37.3 Å². The van der Waals surface area contributed by atoms with Gasteiger partial charge in [0.05, 0.1) is 11.3 Å². The summed E-state index contributed by atoms with van der Waals surface area (Å²) in [4.78, 5) is 63.5. The SMILES string of the molecule is CC(=O)c1cccc(NC(=O)COC(=O)c2ccc(N3C(=O)c4cccc5cccc(c45)C3=O)cc2)c1. The molecule has 182 valence electrons. The first-order valence-electron chi connectivity index (χ1n) is 11.4. The molecule has 1 aliphatic heterocycles. The van der Waals surface area contributed by atoms with E-state index in [4.69, 9.17) is 4.74 Å². The normalized spacial score (nSPS) is 12.4. The molecule has 0 radical (unpaired) electrons. The molecular weight excluding hydrogens is 472 g/mol. The number of hydrogen-bond donors (Lipinski definition) is 1. The Morgan fingerprint density at radius 2 is 1.41 bits per heavy atom. The first kappa shape index (κ1) is 23.6. The Bertz CT molecular complexity index is 1560. The zero-order chi connectivity index (χ0) is 26.1. The van der Waals surface area contributed by atoms with Crippen molar-refractivity contribution in [3.05, 3.63) is 107 Å². The second-order valence-electron chi connectivity index (χ2n) is 8.46. The summed E-state index contributed by atoms with van der Waals surface area (Å²) in [5, 5.41) is 4.01. The van der Waals surface area contributed by atoms with Crippen LogP contribution in [0.25, 0.3) is 10.8 Å². The number of esters is 1. The van der Waals surface area contributed by atoms with Crippen LogP contribution in [0.5, 0.6) is 0 Å². The molecule has 0 unspecified atom stereocenters. The van der Waals surface area contributed by atoms with Gasteiger partial charge in [-0.15, -0.1) is 0 Å². The van der Waals surface area contributed by atoms with Crippen molar-refractivity contribution in [2.24, 2.45) is 0 Å². The maximum absolute atomic E-state index is 13.2. The smallest absolute Gasteiger partial charge is 0.338 e. The molecule has 0 bridgehead atoms. The zero-order valence-corrected chi connectivity index (χ0v) is 19.7. The third kappa shape index (κ3) is 4.48. The number of benzene rings is 4. The van der Waals surface area contributed by atoms with E-state index in [1.54, 1.807) is 42.5 Å². The van der Waals surface area contributed by atoms with Crippen LogP contribution in [-0.2, 0) is 9.53 Å². The third-order valence-electron chi connectivity index (χ3n) is 6.02. The van der Waals surface area contributed by atoms with Crippen molar-refractivity contribution >= 4 is 51.6 Å². The molecular formula is C29H20N2O6. The molecule has 3 amide bonds. The number of anilines is 2. The lowest BCUT2D eigenvalue weighted by molar-refractivity contribution is -0.119. The van der Waals surface area contributed by atoms with Gasteiger partial charge in [-0.25, -0.2) is 9.69 Å². The van der Waals surface area contributed by atoms with E-state index in [9.17, 15) is 24.0 Å². The molecule has 1 aliphatic rings. The number of nitrogens with one attached hydrogen (secondary N) is 1. The Morgan fingerprint density at radius 3 is 2.03 bits per heavy atom. The predicted octanol–water partition coefficient (Wildman–Crippen LogP) is 4.64. The third-order valence-corrected chi connectivity index (χ3v) is 6.02. The van der Waals surface area contributed by atoms with Gasteiger partial charge >= 0.3 is 5.97 Å². The predicted molar refractivity (Wildman–Crippen MR) is 137 cm³/mol. The molecule has 4 aromatic rings. The van der Waals surface area contributed by atoms with Crippen molar-refractivity contribution in [2.45, 2.75) is 6.92 Å². The lowest BCUT2D eigenvalue weighted by atomic mass is 9.94. The molecule has 5 rings (SSSR count). The second kappa shape index (κ2) is 9.50. The van der Waals surface area contributed by atoms with E-state index in [-0.39, 0.29) is 11.3 Å². The van der Waals surface area contributed by atoms with Crippen molar-refractivity contribution in [3.63, 3.8) is 0 Å². The number of Topliss-reactive ketones (excluding diaryl/α,β-unsaturated/α-hetero) is 1. The van der Waals surface area contributed by atoms with E-state index in [2.05, 4.69) is 5.32 Å². The molecule has 1 heterocycles. The van der Waals surface area contributed by atoms with Gasteiger partial charge in [0, 0.05) is 27.8 Å². The number of nitrogens with zero attached hydrogens (tertiary/aromatic N) is 1. The number of rotatable bonds is 6. The van der Waals surface area contributed by atoms with Crippen molar-refractivity contribution in [1.82, 2.24) is 0 Å². The fourth-order valence-electron chi connectivity index (χ4n) is 4.24. The van der Waals surface area contributed by atoms with Gasteiger partial charge in [0.15, 0.2) is 12.4 Å². The molecule has 4 aromatic carbocycles. The van der Waals surface area contributed by atoms with Crippen molar-refractivity contribution in [3.8, 4) is 0 Å². The van der Waals surface area contributed by atoms with Gasteiger partial charge in [-0.1, -0.05) is 36.4 Å². The lowest BCUT2D eigenvalue weighted by Crippen LogP contribution is -2.40. The van der Waals surface area contributed by atoms with Gasteiger partial charge < -0.3 is 10.1 Å². The van der Waals surface area contributed by atoms with Crippen molar-refractivity contribution < 1.29 is 28.7 Å². The number of ketones is 1. The van der Waals surface area contributed by atoms with E-state index in [1.807, 2.05) is 12.1 Å². The van der Waals surface area contributed by atoms with E-state index in [0.717, 1.165) is 10.3 Å². The van der Waals surface area contributed by atoms with E-state index >= 15 is 0 Å². The van der Waals surface area contributed by atoms with Crippen LogP contribution in [0.1, 0.15) is 48.4 Å². The highest BCUT2D eigenvalue weighted by molar-refractivity contribution is 6.35. The number of amides is 3. The van der Waals surface area contributed by atoms with Crippen molar-refractivity contribution in [1.29, 1.82) is 0 Å². The van der Waals surface area contributed by atoms with Gasteiger partial charge in [0.25, 0.3) is 17.7 Å². The van der Waals surface area contributed by atoms with Crippen LogP contribution in [0.2, 0.25) is 0 Å². The highest BCUT2D eigenvalue weighted by atomic mass is 16.5. The van der Waals surface area contributed by atoms with Crippen LogP contribution < -0.4 is 10.2 Å². The first-order valence-corrected chi connectivity index (χ1v) is 11.4. The molecule has 0 saturated carbocycles. The van der Waals surface area contributed by atoms with Gasteiger partial charge in [-0.2, -0.15) is 0 Å². The molecule has 0 spiro atoms. The van der Waals surface area contributed by atoms with Crippen LogP contribution >= 0.6 is 0 Å². The minimum atomic E-state index is -0.745. The Morgan fingerprint density at radius 1 is 0.784 bits per heavy atom. The number of carbonyl (C=O) groups is 5. The molecule has 0 atom stereocenters. The summed E-state index contributed by atoms with van der Waals surface area (Å²) in [6.07, 6.45) is 0. The molecule has 0 saturated heterocycles. The Kier molecular flexibility index (Phi) is 6.07. The molecule has 8 nitrogen and oxygen atoms in total. The van der Waals surface area contributed by atoms with Crippen LogP contribution in [0.15, 0.2) is 84.9 Å². The van der Waals surface area contributed by atoms with Crippen LogP contribution in [-0.4, -0.2) is 36.1 Å². The lowest BCUT2D eigenvalue weighted by Gasteiger charge is -2.27. The first-order chi connectivity index (χ1) is 17.8. The summed E-state index contributed by atoms with van der Waals surface area (Å²) in [6, 6.07) is 22.8. The Balaban J connectivity index is 1.26. The summed E-state index contributed by atoms with van der Waals surface area (Å²) in [5.41, 5.74) is 2.16. The number of imide groups is 1. The van der Waals surface area contributed by atoms with Crippen LogP contribution in [0.4, 0.5) is 11.4 Å². The monoisotopic (exact) mass is 492 g/mol. The molecule has 0 fully saturated rings. The highest BCUT2D eigenvalue weighted by Gasteiger charge is 2.33. The van der Waals surface area contributed by atoms with Crippen molar-refractivity contribution in [2.75, 3.05) is 16.8 Å². The zero-order valence-electron chi connectivity index (χ0n) is 19.7. The summed E-state index contributed by atoms with van der Waals surface area (Å²) in [6.45, 7) is 0.888. The van der Waals surface area contributed by atoms with Gasteiger partial charge in [0.2, 0.25) is 0 Å². The second-order valence-corrected chi connectivity index (χ2v) is 8.46. The molecule has 0 aliphatic carbocycles. The van der Waals surface area contributed by atoms with Crippen LogP contribution in [0, 0.1) is 0 Å². The quantitative estimate of drug-likeness (QED) is 0.239. The maximum atomic E-state index is 13.2. The van der Waals surface area contributed by atoms with Crippen LogP contribution in [0.3, 0.4) is 0 Å². The average Bonchev–Trinajstić information content (AvgIpc) is 2.91. The Hall–Kier alpha value is -5.11. The van der Waals surface area contributed by atoms with E-state index in [0.29, 0.717) is 33.5 Å². The van der Waals surface area contributed by atoms with Gasteiger partial charge in [-0.3, -0.25) is 19.2 Å². The largest absolute Gasteiger partial charge is 0.452 e. The number of hydrogen-bond acceptors (Lipinski definition) is 6. The molecule has 0 aromatic heterocycles. The fraction of sp³-hybridized carbons (Fsp3) is 0.0690. The van der Waals surface area contributed by atoms with E-state index < -0.39 is 30.3 Å². The minimum Gasteiger partial charge on any atom is -0.452 e. The molecule has 8 heteroatoms. The Labute approximate surface area is 211 Å². The van der Waals surface area contributed by atoms with Gasteiger partial charge in [0.1, 0.15) is 0 Å². The number of ether oxygens (including phenoxy) is 1. The minimum absolute atomic E-state index is 0.139. The summed E-state index contributed by atoms with van der Waals surface area (Å²) in [5.74, 6) is -2.35. The summed E-state index contributed by atoms with van der Waals surface area (Å²) < 4.78 is 5.09. The topological polar surface area (TPSA) is 110 Å². The summed E-state index contributed by atoms with van der Waals surface area (Å²) >= 11 is 0. The maximum Gasteiger partial charge on any atom is 0.338 e. The summed E-state index contributed by atoms with van der Waals surface area (Å²) in [7, 11) is 0. The number of carbonyl (C=O) groups excluding carboxylic acids is 5. The van der Waals surface area contributed by atoms with Gasteiger partial charge in [-0.05, 0) is 60.8 Å².